The molecule has 0 saturated heterocycles. The summed E-state index contributed by atoms with van der Waals surface area (Å²) in [5.41, 5.74) is 0. The summed E-state index contributed by atoms with van der Waals surface area (Å²) in [6.07, 6.45) is 80.7. The molecule has 0 aliphatic carbocycles. The van der Waals surface area contributed by atoms with Crippen molar-refractivity contribution in [3.63, 3.8) is 0 Å². The normalized spacial score (nSPS) is 12.1. The van der Waals surface area contributed by atoms with Crippen LogP contribution in [0.2, 0.25) is 0 Å². The summed E-state index contributed by atoms with van der Waals surface area (Å²) >= 11 is 0. The van der Waals surface area contributed by atoms with Crippen LogP contribution >= 0.6 is 0 Å². The monoisotopic (exact) mass is 1080 g/mol. The number of rotatable bonds is 65. The van der Waals surface area contributed by atoms with Crippen LogP contribution in [0.4, 0.5) is 0 Å². The molecule has 0 bridgehead atoms. The number of allylic oxidation sites excluding steroid dienone is 4. The van der Waals surface area contributed by atoms with Crippen LogP contribution in [0.1, 0.15) is 393 Å². The Labute approximate surface area is 481 Å². The summed E-state index contributed by atoms with van der Waals surface area (Å²) < 4.78 is 17.0. The van der Waals surface area contributed by atoms with Crippen molar-refractivity contribution < 1.29 is 28.6 Å². The molecule has 0 rings (SSSR count). The van der Waals surface area contributed by atoms with E-state index in [-0.39, 0.29) is 31.1 Å². The minimum absolute atomic E-state index is 0.0693. The summed E-state index contributed by atoms with van der Waals surface area (Å²) in [6.45, 7) is 6.67. The van der Waals surface area contributed by atoms with Gasteiger partial charge in [-0.3, -0.25) is 14.4 Å². The first-order chi connectivity index (χ1) is 38.0. The van der Waals surface area contributed by atoms with Crippen molar-refractivity contribution in [2.24, 2.45) is 0 Å². The van der Waals surface area contributed by atoms with Crippen molar-refractivity contribution in [3.05, 3.63) is 24.3 Å². The van der Waals surface area contributed by atoms with Gasteiger partial charge in [-0.05, 0) is 44.9 Å². The van der Waals surface area contributed by atoms with Crippen LogP contribution in [-0.2, 0) is 28.6 Å². The number of ether oxygens (including phenoxy) is 3. The number of carbonyl (C=O) groups is 3. The van der Waals surface area contributed by atoms with Gasteiger partial charge in [-0.25, -0.2) is 0 Å². The van der Waals surface area contributed by atoms with Crippen LogP contribution in [0.5, 0.6) is 0 Å². The van der Waals surface area contributed by atoms with E-state index in [1.165, 1.54) is 276 Å². The summed E-state index contributed by atoms with van der Waals surface area (Å²) in [5.74, 6) is -0.852. The molecule has 454 valence electrons. The first-order valence-corrected chi connectivity index (χ1v) is 34.8. The molecule has 0 aromatic rings. The fraction of sp³-hybridized carbons (Fsp3) is 0.901. The summed E-state index contributed by atoms with van der Waals surface area (Å²) in [4.78, 5) is 38.4. The maximum atomic E-state index is 12.9. The third kappa shape index (κ3) is 64.6. The van der Waals surface area contributed by atoms with Crippen molar-refractivity contribution in [3.8, 4) is 0 Å². The van der Waals surface area contributed by atoms with Gasteiger partial charge in [-0.2, -0.15) is 0 Å². The van der Waals surface area contributed by atoms with Crippen molar-refractivity contribution in [2.45, 2.75) is 399 Å². The van der Waals surface area contributed by atoms with Gasteiger partial charge in [0.1, 0.15) is 13.2 Å². The molecule has 0 spiro atoms. The molecule has 0 aromatic carbocycles. The number of esters is 3. The lowest BCUT2D eigenvalue weighted by molar-refractivity contribution is -0.167. The van der Waals surface area contributed by atoms with Crippen LogP contribution in [-0.4, -0.2) is 37.2 Å². The molecule has 6 nitrogen and oxygen atoms in total. The molecular weight excluding hydrogens is 949 g/mol. The molecule has 0 aliphatic rings. The second-order valence-corrected chi connectivity index (χ2v) is 23.8. The minimum atomic E-state index is -0.774. The van der Waals surface area contributed by atoms with Crippen LogP contribution in [0.25, 0.3) is 0 Å². The molecule has 1 atom stereocenters. The van der Waals surface area contributed by atoms with Gasteiger partial charge < -0.3 is 14.2 Å². The Morgan fingerprint density at radius 2 is 0.481 bits per heavy atom. The maximum Gasteiger partial charge on any atom is 0.306 e. The fourth-order valence-electron chi connectivity index (χ4n) is 10.7. The SMILES string of the molecule is CCCC/C=C\C/C=C\CCCCCCCC(=O)OCC(COC(=O)CCCCCCCCCCCCCCCCCCCCCCCCCCCC)OC(=O)CCCCCCCCCCCCCCCCCCCCC. The predicted molar refractivity (Wildman–Crippen MR) is 335 cm³/mol. The lowest BCUT2D eigenvalue weighted by Crippen LogP contribution is -2.30. The molecule has 0 fully saturated rings. The zero-order valence-corrected chi connectivity index (χ0v) is 52.3. The van der Waals surface area contributed by atoms with Gasteiger partial charge in [0, 0.05) is 19.3 Å². The van der Waals surface area contributed by atoms with E-state index >= 15 is 0 Å². The number of hydrogen-bond donors (Lipinski definition) is 0. The maximum absolute atomic E-state index is 12.9. The summed E-state index contributed by atoms with van der Waals surface area (Å²) in [7, 11) is 0. The molecule has 1 unspecified atom stereocenters. The smallest absolute Gasteiger partial charge is 0.306 e. The summed E-state index contributed by atoms with van der Waals surface area (Å²) in [6, 6.07) is 0. The van der Waals surface area contributed by atoms with Crippen LogP contribution < -0.4 is 0 Å². The van der Waals surface area contributed by atoms with E-state index in [1.807, 2.05) is 0 Å². The topological polar surface area (TPSA) is 78.9 Å². The molecular formula is C71H134O6. The zero-order valence-electron chi connectivity index (χ0n) is 52.3. The van der Waals surface area contributed by atoms with Crippen molar-refractivity contribution in [1.29, 1.82) is 0 Å². The van der Waals surface area contributed by atoms with Crippen molar-refractivity contribution in [1.82, 2.24) is 0 Å². The van der Waals surface area contributed by atoms with Gasteiger partial charge >= 0.3 is 17.9 Å². The van der Waals surface area contributed by atoms with Gasteiger partial charge in [0.15, 0.2) is 6.10 Å². The number of hydrogen-bond acceptors (Lipinski definition) is 6. The Morgan fingerprint density at radius 1 is 0.260 bits per heavy atom. The number of unbranched alkanes of at least 4 members (excludes halogenated alkanes) is 50. The molecule has 0 N–H and O–H groups in total. The standard InChI is InChI=1S/C71H134O6/c1-4-7-10-13-16-19-22-25-28-30-32-33-34-35-36-37-38-40-41-43-46-49-52-55-58-61-64-70(73)76-67-68(66-75-69(72)63-60-57-54-51-48-45-27-24-21-18-15-12-9-6-3)77-71(74)65-62-59-56-53-50-47-44-42-39-31-29-26-23-20-17-14-11-8-5-2/h15,18,24,27,68H,4-14,16-17,19-23,25-26,28-67H2,1-3H3/b18-15-,27-24-. The second-order valence-electron chi connectivity index (χ2n) is 23.8. The molecule has 6 heteroatoms. The van der Waals surface area contributed by atoms with Crippen molar-refractivity contribution >= 4 is 17.9 Å². The molecule has 0 radical (unpaired) electrons. The Hall–Kier alpha value is -2.11. The molecule has 0 aliphatic heterocycles. The van der Waals surface area contributed by atoms with E-state index in [9.17, 15) is 14.4 Å². The summed E-state index contributed by atoms with van der Waals surface area (Å²) in [5, 5.41) is 0. The van der Waals surface area contributed by atoms with Gasteiger partial charge in [0.05, 0.1) is 0 Å². The van der Waals surface area contributed by atoms with Gasteiger partial charge in [0.25, 0.3) is 0 Å². The largest absolute Gasteiger partial charge is 0.462 e. The average Bonchev–Trinajstić information content (AvgIpc) is 3.43. The molecule has 0 heterocycles. The van der Waals surface area contributed by atoms with E-state index in [2.05, 4.69) is 45.1 Å². The van der Waals surface area contributed by atoms with E-state index in [0.29, 0.717) is 19.3 Å². The Morgan fingerprint density at radius 3 is 0.753 bits per heavy atom. The molecule has 0 saturated carbocycles. The Bertz CT molecular complexity index is 1240. The highest BCUT2D eigenvalue weighted by Gasteiger charge is 2.19. The third-order valence-electron chi connectivity index (χ3n) is 16.0. The highest BCUT2D eigenvalue weighted by molar-refractivity contribution is 5.71. The van der Waals surface area contributed by atoms with Crippen LogP contribution in [0.3, 0.4) is 0 Å². The number of carbonyl (C=O) groups excluding carboxylic acids is 3. The third-order valence-corrected chi connectivity index (χ3v) is 16.0. The predicted octanol–water partition coefficient (Wildman–Crippen LogP) is 23.8. The first-order valence-electron chi connectivity index (χ1n) is 34.8. The quantitative estimate of drug-likeness (QED) is 0.0261. The first kappa shape index (κ1) is 74.9. The zero-order chi connectivity index (χ0) is 55.7. The van der Waals surface area contributed by atoms with Gasteiger partial charge in [-0.1, -0.05) is 353 Å². The highest BCUT2D eigenvalue weighted by Crippen LogP contribution is 2.19. The Balaban J connectivity index is 4.22. The van der Waals surface area contributed by atoms with E-state index < -0.39 is 6.10 Å². The average molecular weight is 1080 g/mol. The highest BCUT2D eigenvalue weighted by atomic mass is 16.6. The lowest BCUT2D eigenvalue weighted by Gasteiger charge is -2.18. The lowest BCUT2D eigenvalue weighted by atomic mass is 10.0. The molecule has 0 amide bonds. The van der Waals surface area contributed by atoms with Gasteiger partial charge in [-0.15, -0.1) is 0 Å². The van der Waals surface area contributed by atoms with E-state index in [1.54, 1.807) is 0 Å². The van der Waals surface area contributed by atoms with E-state index in [0.717, 1.165) is 77.0 Å². The molecule has 0 aromatic heterocycles. The van der Waals surface area contributed by atoms with Crippen LogP contribution in [0.15, 0.2) is 24.3 Å². The minimum Gasteiger partial charge on any atom is -0.462 e. The van der Waals surface area contributed by atoms with Crippen molar-refractivity contribution in [2.75, 3.05) is 13.2 Å². The molecule has 77 heavy (non-hydrogen) atoms. The second kappa shape index (κ2) is 66.4. The van der Waals surface area contributed by atoms with Gasteiger partial charge in [0.2, 0.25) is 0 Å². The van der Waals surface area contributed by atoms with Crippen LogP contribution in [0, 0.1) is 0 Å². The van der Waals surface area contributed by atoms with E-state index in [4.69, 9.17) is 14.2 Å². The Kier molecular flexibility index (Phi) is 64.6. The fourth-order valence-corrected chi connectivity index (χ4v) is 10.7.